The zero-order valence-corrected chi connectivity index (χ0v) is 9.93. The predicted molar refractivity (Wildman–Crippen MR) is 65.9 cm³/mol. The second-order valence-corrected chi connectivity index (χ2v) is 4.60. The number of imidazole rings is 1. The van der Waals surface area contributed by atoms with Crippen molar-refractivity contribution in [2.45, 2.75) is 19.4 Å². The zero-order chi connectivity index (χ0) is 11.7. The van der Waals surface area contributed by atoms with Gasteiger partial charge in [-0.05, 0) is 24.1 Å². The van der Waals surface area contributed by atoms with E-state index in [0.29, 0.717) is 5.92 Å². The summed E-state index contributed by atoms with van der Waals surface area (Å²) >= 11 is 0. The molecule has 2 aromatic rings. The Hall–Kier alpha value is -1.68. The van der Waals surface area contributed by atoms with Crippen molar-refractivity contribution < 1.29 is 0 Å². The van der Waals surface area contributed by atoms with Crippen molar-refractivity contribution in [1.82, 2.24) is 19.9 Å². The van der Waals surface area contributed by atoms with Crippen LogP contribution in [-0.4, -0.2) is 27.6 Å². The number of pyridine rings is 1. The van der Waals surface area contributed by atoms with Gasteiger partial charge in [-0.1, -0.05) is 0 Å². The maximum atomic E-state index is 4.27. The molecule has 0 saturated carbocycles. The predicted octanol–water partition coefficient (Wildman–Crippen LogP) is 1.32. The van der Waals surface area contributed by atoms with Crippen molar-refractivity contribution in [3.8, 4) is 0 Å². The van der Waals surface area contributed by atoms with Crippen LogP contribution in [0.1, 0.15) is 22.7 Å². The Kier molecular flexibility index (Phi) is 2.65. The Morgan fingerprint density at radius 3 is 2.94 bits per heavy atom. The number of nitrogens with one attached hydrogen (secondary N) is 1. The molecule has 4 heteroatoms. The van der Waals surface area contributed by atoms with E-state index >= 15 is 0 Å². The number of nitrogens with zero attached hydrogens (tertiary/aromatic N) is 3. The molecule has 0 amide bonds. The fraction of sp³-hybridized carbons (Fsp3) is 0.385. The molecule has 1 fully saturated rings. The lowest BCUT2D eigenvalue weighted by molar-refractivity contribution is 0.427. The highest BCUT2D eigenvalue weighted by Gasteiger charge is 2.22. The van der Waals surface area contributed by atoms with Crippen LogP contribution in [0.5, 0.6) is 0 Å². The molecule has 0 aromatic carbocycles. The smallest absolute Gasteiger partial charge is 0.0951 e. The molecule has 0 unspecified atom stereocenters. The molecule has 0 atom stereocenters. The lowest BCUT2D eigenvalue weighted by Crippen LogP contribution is -2.40. The number of rotatable bonds is 3. The standard InChI is InChI=1S/C13H16N4/c1-10-4-14-3-2-11(10)8-17-9-16-7-13(17)12-5-15-6-12/h2-4,7,9,12,15H,5-6,8H2,1H3. The Balaban J connectivity index is 1.85. The van der Waals surface area contributed by atoms with Gasteiger partial charge in [-0.3, -0.25) is 4.98 Å². The van der Waals surface area contributed by atoms with Crippen LogP contribution in [0.25, 0.3) is 0 Å². The summed E-state index contributed by atoms with van der Waals surface area (Å²) in [5.41, 5.74) is 3.88. The molecule has 1 aliphatic rings. The molecule has 17 heavy (non-hydrogen) atoms. The van der Waals surface area contributed by atoms with Gasteiger partial charge in [0.05, 0.1) is 6.33 Å². The summed E-state index contributed by atoms with van der Waals surface area (Å²) < 4.78 is 2.24. The van der Waals surface area contributed by atoms with E-state index in [1.54, 1.807) is 0 Å². The minimum Gasteiger partial charge on any atom is -0.330 e. The fourth-order valence-corrected chi connectivity index (χ4v) is 2.16. The van der Waals surface area contributed by atoms with Gasteiger partial charge in [0.15, 0.2) is 0 Å². The molecule has 4 nitrogen and oxygen atoms in total. The third-order valence-electron chi connectivity index (χ3n) is 3.42. The molecule has 0 aliphatic carbocycles. The lowest BCUT2D eigenvalue weighted by Gasteiger charge is -2.28. The lowest BCUT2D eigenvalue weighted by atomic mass is 9.99. The van der Waals surface area contributed by atoms with Gasteiger partial charge in [0.2, 0.25) is 0 Å². The Morgan fingerprint density at radius 2 is 2.24 bits per heavy atom. The van der Waals surface area contributed by atoms with Crippen molar-refractivity contribution >= 4 is 0 Å². The van der Waals surface area contributed by atoms with E-state index in [4.69, 9.17) is 0 Å². The minimum absolute atomic E-state index is 0.625. The molecule has 0 bridgehead atoms. The van der Waals surface area contributed by atoms with E-state index in [1.165, 1.54) is 16.8 Å². The van der Waals surface area contributed by atoms with Gasteiger partial charge in [-0.2, -0.15) is 0 Å². The highest BCUT2D eigenvalue weighted by molar-refractivity contribution is 5.23. The van der Waals surface area contributed by atoms with Crippen LogP contribution in [0.15, 0.2) is 31.0 Å². The summed E-state index contributed by atoms with van der Waals surface area (Å²) in [6, 6.07) is 2.08. The van der Waals surface area contributed by atoms with Gasteiger partial charge in [0, 0.05) is 49.8 Å². The maximum Gasteiger partial charge on any atom is 0.0951 e. The van der Waals surface area contributed by atoms with Gasteiger partial charge in [0.25, 0.3) is 0 Å². The molecule has 1 saturated heterocycles. The molecule has 88 valence electrons. The number of hydrogen-bond donors (Lipinski definition) is 1. The van der Waals surface area contributed by atoms with E-state index in [2.05, 4.69) is 32.8 Å². The third kappa shape index (κ3) is 1.96. The highest BCUT2D eigenvalue weighted by atomic mass is 15.1. The minimum atomic E-state index is 0.625. The van der Waals surface area contributed by atoms with E-state index in [0.717, 1.165) is 19.6 Å². The van der Waals surface area contributed by atoms with Crippen molar-refractivity contribution in [1.29, 1.82) is 0 Å². The summed E-state index contributed by atoms with van der Waals surface area (Å²) in [6.07, 6.45) is 7.68. The molecule has 0 spiro atoms. The van der Waals surface area contributed by atoms with Crippen LogP contribution in [0.2, 0.25) is 0 Å². The molecule has 3 heterocycles. The highest BCUT2D eigenvalue weighted by Crippen LogP contribution is 2.20. The second kappa shape index (κ2) is 4.30. The fourth-order valence-electron chi connectivity index (χ4n) is 2.16. The first-order valence-corrected chi connectivity index (χ1v) is 5.95. The van der Waals surface area contributed by atoms with E-state index < -0.39 is 0 Å². The molecule has 3 rings (SSSR count). The third-order valence-corrected chi connectivity index (χ3v) is 3.42. The van der Waals surface area contributed by atoms with Crippen LogP contribution in [0.3, 0.4) is 0 Å². The summed E-state index contributed by atoms with van der Waals surface area (Å²) in [5.74, 6) is 0.625. The van der Waals surface area contributed by atoms with Crippen LogP contribution in [0.4, 0.5) is 0 Å². The van der Waals surface area contributed by atoms with Crippen molar-refractivity contribution in [2.75, 3.05) is 13.1 Å². The van der Waals surface area contributed by atoms with Crippen LogP contribution in [-0.2, 0) is 6.54 Å². The van der Waals surface area contributed by atoms with Crippen molar-refractivity contribution in [2.24, 2.45) is 0 Å². The second-order valence-electron chi connectivity index (χ2n) is 4.60. The number of hydrogen-bond acceptors (Lipinski definition) is 3. The quantitative estimate of drug-likeness (QED) is 0.861. The SMILES string of the molecule is Cc1cnccc1Cn1cncc1C1CNC1. The van der Waals surface area contributed by atoms with E-state index in [-0.39, 0.29) is 0 Å². The molecule has 0 radical (unpaired) electrons. The summed E-state index contributed by atoms with van der Waals surface area (Å²) in [4.78, 5) is 8.39. The van der Waals surface area contributed by atoms with Crippen molar-refractivity contribution in [3.05, 3.63) is 47.8 Å². The van der Waals surface area contributed by atoms with Gasteiger partial charge < -0.3 is 9.88 Å². The van der Waals surface area contributed by atoms with Crippen LogP contribution < -0.4 is 5.32 Å². The van der Waals surface area contributed by atoms with Crippen molar-refractivity contribution in [3.63, 3.8) is 0 Å². The monoisotopic (exact) mass is 228 g/mol. The average molecular weight is 228 g/mol. The average Bonchev–Trinajstić information content (AvgIpc) is 2.68. The van der Waals surface area contributed by atoms with Crippen LogP contribution in [0, 0.1) is 6.92 Å². The molecule has 2 aromatic heterocycles. The van der Waals surface area contributed by atoms with Gasteiger partial charge in [-0.25, -0.2) is 4.98 Å². The molecule has 1 aliphatic heterocycles. The summed E-state index contributed by atoms with van der Waals surface area (Å²) in [6.45, 7) is 5.13. The first-order chi connectivity index (χ1) is 8.34. The maximum absolute atomic E-state index is 4.27. The molecular formula is C13H16N4. The summed E-state index contributed by atoms with van der Waals surface area (Å²) in [5, 5.41) is 3.30. The first kappa shape index (κ1) is 10.5. The Morgan fingerprint density at radius 1 is 1.35 bits per heavy atom. The number of aryl methyl sites for hydroxylation is 1. The number of aromatic nitrogens is 3. The topological polar surface area (TPSA) is 42.7 Å². The first-order valence-electron chi connectivity index (χ1n) is 5.95. The molecular weight excluding hydrogens is 212 g/mol. The zero-order valence-electron chi connectivity index (χ0n) is 9.93. The van der Waals surface area contributed by atoms with Gasteiger partial charge in [-0.15, -0.1) is 0 Å². The Bertz CT molecular complexity index is 514. The molecule has 1 N–H and O–H groups in total. The summed E-state index contributed by atoms with van der Waals surface area (Å²) in [7, 11) is 0. The largest absolute Gasteiger partial charge is 0.330 e. The van der Waals surface area contributed by atoms with E-state index in [9.17, 15) is 0 Å². The Labute approximate surface area is 101 Å². The van der Waals surface area contributed by atoms with Crippen LogP contribution >= 0.6 is 0 Å². The normalized spacial score (nSPS) is 15.8. The van der Waals surface area contributed by atoms with Gasteiger partial charge in [0.1, 0.15) is 0 Å². The van der Waals surface area contributed by atoms with E-state index in [1.807, 2.05) is 24.9 Å². The van der Waals surface area contributed by atoms with Gasteiger partial charge >= 0.3 is 0 Å².